The van der Waals surface area contributed by atoms with Gasteiger partial charge in [0, 0.05) is 25.8 Å². The van der Waals surface area contributed by atoms with E-state index >= 15 is 0 Å². The minimum Gasteiger partial charge on any atom is -0.395 e. The Balaban J connectivity index is 2.40. The van der Waals surface area contributed by atoms with Gasteiger partial charge in [-0.05, 0) is 25.0 Å². The number of hydrogen-bond acceptors (Lipinski definition) is 5. The molecule has 0 bridgehead atoms. The van der Waals surface area contributed by atoms with Crippen molar-refractivity contribution in [3.63, 3.8) is 0 Å². The molecule has 7 heteroatoms. The molecule has 2 heterocycles. The zero-order valence-electron chi connectivity index (χ0n) is 10.9. The van der Waals surface area contributed by atoms with Crippen LogP contribution in [0.2, 0.25) is 0 Å². The van der Waals surface area contributed by atoms with Gasteiger partial charge < -0.3 is 10.4 Å². The molecular weight excluding hydrogens is 266 g/mol. The topological polar surface area (TPSA) is 82.5 Å². The van der Waals surface area contributed by atoms with Gasteiger partial charge in [-0.25, -0.2) is 13.4 Å². The standard InChI is InChI=1S/C12H19N3O3S/c1-13-11-6-4-7-14-12(11)19(17,18)15-8-3-2-5-10(15)9-16/h4,6-7,10,13,16H,2-3,5,8-9H2,1H3. The lowest BCUT2D eigenvalue weighted by Crippen LogP contribution is -2.45. The number of sulfonamides is 1. The van der Waals surface area contributed by atoms with E-state index in [2.05, 4.69) is 10.3 Å². The summed E-state index contributed by atoms with van der Waals surface area (Å²) >= 11 is 0. The van der Waals surface area contributed by atoms with Crippen LogP contribution in [-0.4, -0.2) is 49.1 Å². The summed E-state index contributed by atoms with van der Waals surface area (Å²) in [5.41, 5.74) is 0.477. The lowest BCUT2D eigenvalue weighted by atomic mass is 10.1. The number of aromatic nitrogens is 1. The highest BCUT2D eigenvalue weighted by Gasteiger charge is 2.35. The van der Waals surface area contributed by atoms with Crippen molar-refractivity contribution in [1.82, 2.24) is 9.29 Å². The number of rotatable bonds is 4. The van der Waals surface area contributed by atoms with Crippen LogP contribution in [0.15, 0.2) is 23.4 Å². The zero-order chi connectivity index (χ0) is 13.9. The number of piperidine rings is 1. The Morgan fingerprint density at radius 1 is 1.53 bits per heavy atom. The van der Waals surface area contributed by atoms with Gasteiger partial charge in [-0.1, -0.05) is 6.42 Å². The van der Waals surface area contributed by atoms with Crippen LogP contribution in [0.3, 0.4) is 0 Å². The van der Waals surface area contributed by atoms with Gasteiger partial charge in [-0.2, -0.15) is 4.31 Å². The second-order valence-corrected chi connectivity index (χ2v) is 6.36. The van der Waals surface area contributed by atoms with Crippen LogP contribution >= 0.6 is 0 Å². The molecule has 0 aliphatic carbocycles. The first-order valence-electron chi connectivity index (χ1n) is 6.36. The third kappa shape index (κ3) is 2.72. The van der Waals surface area contributed by atoms with Crippen LogP contribution in [0.4, 0.5) is 5.69 Å². The molecule has 2 rings (SSSR count). The van der Waals surface area contributed by atoms with Gasteiger partial charge in [-0.15, -0.1) is 0 Å². The monoisotopic (exact) mass is 285 g/mol. The maximum Gasteiger partial charge on any atom is 0.262 e. The fourth-order valence-corrected chi connectivity index (χ4v) is 4.17. The molecule has 1 aromatic heterocycles. The summed E-state index contributed by atoms with van der Waals surface area (Å²) in [6.45, 7) is 0.286. The fraction of sp³-hybridized carbons (Fsp3) is 0.583. The average Bonchev–Trinajstić information content (AvgIpc) is 2.47. The average molecular weight is 285 g/mol. The smallest absolute Gasteiger partial charge is 0.262 e. The van der Waals surface area contributed by atoms with Crippen LogP contribution in [0.5, 0.6) is 0 Å². The molecule has 0 radical (unpaired) electrons. The second kappa shape index (κ2) is 5.85. The van der Waals surface area contributed by atoms with E-state index in [-0.39, 0.29) is 17.7 Å². The Morgan fingerprint density at radius 2 is 2.32 bits per heavy atom. The molecule has 0 spiro atoms. The maximum atomic E-state index is 12.6. The van der Waals surface area contributed by atoms with Crippen LogP contribution in [-0.2, 0) is 10.0 Å². The summed E-state index contributed by atoms with van der Waals surface area (Å²) in [6.07, 6.45) is 3.92. The molecule has 1 aliphatic rings. The predicted octanol–water partition coefficient (Wildman–Crippen LogP) is 0.659. The van der Waals surface area contributed by atoms with Crippen molar-refractivity contribution in [2.24, 2.45) is 0 Å². The first-order chi connectivity index (χ1) is 9.11. The Labute approximate surface area is 113 Å². The summed E-state index contributed by atoms with van der Waals surface area (Å²) in [7, 11) is -2.00. The lowest BCUT2D eigenvalue weighted by molar-refractivity contribution is 0.155. The third-order valence-electron chi connectivity index (χ3n) is 3.38. The van der Waals surface area contributed by atoms with E-state index < -0.39 is 10.0 Å². The SMILES string of the molecule is CNc1cccnc1S(=O)(=O)N1CCCCC1CO. The highest BCUT2D eigenvalue weighted by atomic mass is 32.2. The number of anilines is 1. The summed E-state index contributed by atoms with van der Waals surface area (Å²) in [4.78, 5) is 3.99. The number of nitrogens with one attached hydrogen (secondary N) is 1. The largest absolute Gasteiger partial charge is 0.395 e. The van der Waals surface area contributed by atoms with Crippen LogP contribution in [0, 0.1) is 0 Å². The van der Waals surface area contributed by atoms with Gasteiger partial charge in [0.2, 0.25) is 0 Å². The molecule has 106 valence electrons. The van der Waals surface area contributed by atoms with E-state index in [0.29, 0.717) is 18.7 Å². The minimum absolute atomic E-state index is 0.0258. The van der Waals surface area contributed by atoms with E-state index in [1.165, 1.54) is 10.5 Å². The van der Waals surface area contributed by atoms with Gasteiger partial charge in [0.25, 0.3) is 10.0 Å². The molecule has 1 unspecified atom stereocenters. The van der Waals surface area contributed by atoms with Crippen molar-refractivity contribution in [3.05, 3.63) is 18.3 Å². The number of aliphatic hydroxyl groups is 1. The normalized spacial score (nSPS) is 21.3. The molecular formula is C12H19N3O3S. The zero-order valence-corrected chi connectivity index (χ0v) is 11.7. The van der Waals surface area contributed by atoms with Crippen molar-refractivity contribution in [3.8, 4) is 0 Å². The van der Waals surface area contributed by atoms with E-state index in [0.717, 1.165) is 12.8 Å². The molecule has 0 aromatic carbocycles. The van der Waals surface area contributed by atoms with Crippen molar-refractivity contribution in [1.29, 1.82) is 0 Å². The quantitative estimate of drug-likeness (QED) is 0.849. The molecule has 2 N–H and O–H groups in total. The minimum atomic E-state index is -3.67. The molecule has 1 aromatic rings. The Hall–Kier alpha value is -1.18. The molecule has 1 aliphatic heterocycles. The fourth-order valence-electron chi connectivity index (χ4n) is 2.37. The Morgan fingerprint density at radius 3 is 3.00 bits per heavy atom. The van der Waals surface area contributed by atoms with Crippen molar-refractivity contribution in [2.75, 3.05) is 25.5 Å². The van der Waals surface area contributed by atoms with E-state index in [9.17, 15) is 13.5 Å². The Bertz CT molecular complexity index is 533. The number of aliphatic hydroxyl groups excluding tert-OH is 1. The molecule has 0 saturated carbocycles. The van der Waals surface area contributed by atoms with Gasteiger partial charge in [-0.3, -0.25) is 0 Å². The summed E-state index contributed by atoms with van der Waals surface area (Å²) in [5, 5.41) is 12.2. The first kappa shape index (κ1) is 14.2. The van der Waals surface area contributed by atoms with Crippen molar-refractivity contribution in [2.45, 2.75) is 30.3 Å². The third-order valence-corrected chi connectivity index (χ3v) is 5.29. The highest BCUT2D eigenvalue weighted by Crippen LogP contribution is 2.27. The van der Waals surface area contributed by atoms with Crippen LogP contribution in [0.25, 0.3) is 0 Å². The van der Waals surface area contributed by atoms with Gasteiger partial charge >= 0.3 is 0 Å². The van der Waals surface area contributed by atoms with Crippen molar-refractivity contribution < 1.29 is 13.5 Å². The molecule has 6 nitrogen and oxygen atoms in total. The number of nitrogens with zero attached hydrogens (tertiary/aromatic N) is 2. The van der Waals surface area contributed by atoms with Gasteiger partial charge in [0.15, 0.2) is 5.03 Å². The molecule has 1 atom stereocenters. The van der Waals surface area contributed by atoms with Gasteiger partial charge in [0.05, 0.1) is 12.3 Å². The molecule has 19 heavy (non-hydrogen) atoms. The Kier molecular flexibility index (Phi) is 4.38. The summed E-state index contributed by atoms with van der Waals surface area (Å²) < 4.78 is 26.7. The highest BCUT2D eigenvalue weighted by molar-refractivity contribution is 7.89. The molecule has 0 amide bonds. The first-order valence-corrected chi connectivity index (χ1v) is 7.80. The predicted molar refractivity (Wildman–Crippen MR) is 72.4 cm³/mol. The van der Waals surface area contributed by atoms with Crippen molar-refractivity contribution >= 4 is 15.7 Å². The van der Waals surface area contributed by atoms with Crippen LogP contribution in [0.1, 0.15) is 19.3 Å². The lowest BCUT2D eigenvalue weighted by Gasteiger charge is -2.33. The van der Waals surface area contributed by atoms with Crippen LogP contribution < -0.4 is 5.32 Å². The number of pyridine rings is 1. The van der Waals surface area contributed by atoms with E-state index in [1.807, 2.05) is 0 Å². The number of hydrogen-bond donors (Lipinski definition) is 2. The molecule has 1 saturated heterocycles. The second-order valence-electron chi connectivity index (χ2n) is 4.55. The summed E-state index contributed by atoms with van der Waals surface area (Å²) in [5.74, 6) is 0. The maximum absolute atomic E-state index is 12.6. The molecule has 1 fully saturated rings. The summed E-state index contributed by atoms with van der Waals surface area (Å²) in [6, 6.07) is 3.02. The van der Waals surface area contributed by atoms with E-state index in [1.54, 1.807) is 19.2 Å². The van der Waals surface area contributed by atoms with E-state index in [4.69, 9.17) is 0 Å². The van der Waals surface area contributed by atoms with Gasteiger partial charge in [0.1, 0.15) is 0 Å².